The average Bonchev–Trinajstić information content (AvgIpc) is 3.29. The summed E-state index contributed by atoms with van der Waals surface area (Å²) < 4.78 is 80.6. The summed E-state index contributed by atoms with van der Waals surface area (Å²) in [5.74, 6) is -0.510. The minimum atomic E-state index is -4.50. The Morgan fingerprint density at radius 2 is 1.85 bits per heavy atom. The van der Waals surface area contributed by atoms with Crippen molar-refractivity contribution < 1.29 is 35.9 Å². The number of fused-ring (bicyclic) bond motifs is 1. The number of rotatable bonds is 5. The van der Waals surface area contributed by atoms with Crippen LogP contribution in [-0.4, -0.2) is 44.4 Å². The topological polar surface area (TPSA) is 73.1 Å². The molecule has 0 saturated carbocycles. The van der Waals surface area contributed by atoms with Crippen LogP contribution in [0.5, 0.6) is 5.75 Å². The van der Waals surface area contributed by atoms with Crippen molar-refractivity contribution in [2.24, 2.45) is 0 Å². The lowest BCUT2D eigenvalue weighted by Gasteiger charge is -2.11. The summed E-state index contributed by atoms with van der Waals surface area (Å²) in [6.07, 6.45) is -4.30. The number of carbonyl (C=O) groups excluding carboxylic acids is 1. The van der Waals surface area contributed by atoms with Crippen LogP contribution in [0.2, 0.25) is 0 Å². The summed E-state index contributed by atoms with van der Waals surface area (Å²) in [5.41, 5.74) is 1.93. The van der Waals surface area contributed by atoms with E-state index in [-0.39, 0.29) is 18.1 Å². The van der Waals surface area contributed by atoms with Gasteiger partial charge in [-0.2, -0.15) is 26.3 Å². The molecular weight excluding hydrogens is 456 g/mol. The second-order valence-corrected chi connectivity index (χ2v) is 7.37. The molecule has 7 nitrogen and oxygen atoms in total. The number of ether oxygens (including phenoxy) is 1. The fourth-order valence-corrected chi connectivity index (χ4v) is 3.42. The third-order valence-corrected chi connectivity index (χ3v) is 4.73. The van der Waals surface area contributed by atoms with E-state index >= 15 is 0 Å². The standard InChI is InChI=1S/C20H15F6N5O2/c1-11-2-14(12-3-13(5-27-4-12)33-9-20(24,25)26)29-15-6-31(18(32)17(11)15)16-7-30(10-28-16)8-19(21,22)23/h2-5,7,10H,6,8-9H2,1H3. The number of carbonyl (C=O) groups is 1. The van der Waals surface area contributed by atoms with Crippen LogP contribution in [0.15, 0.2) is 37.1 Å². The lowest BCUT2D eigenvalue weighted by molar-refractivity contribution is -0.153. The van der Waals surface area contributed by atoms with Crippen molar-refractivity contribution in [3.63, 3.8) is 0 Å². The molecule has 0 saturated heterocycles. The Balaban J connectivity index is 1.59. The van der Waals surface area contributed by atoms with E-state index in [4.69, 9.17) is 4.74 Å². The van der Waals surface area contributed by atoms with Gasteiger partial charge in [-0.3, -0.25) is 19.7 Å². The monoisotopic (exact) mass is 471 g/mol. The lowest BCUT2D eigenvalue weighted by Crippen LogP contribution is -2.23. The highest BCUT2D eigenvalue weighted by Gasteiger charge is 2.34. The maximum Gasteiger partial charge on any atom is 0.422 e. The quantitative estimate of drug-likeness (QED) is 0.519. The Hall–Kier alpha value is -3.64. The molecule has 0 radical (unpaired) electrons. The van der Waals surface area contributed by atoms with Crippen molar-refractivity contribution in [3.8, 4) is 17.0 Å². The number of halogens is 6. The van der Waals surface area contributed by atoms with E-state index in [2.05, 4.69) is 15.0 Å². The molecule has 13 heteroatoms. The molecule has 1 aliphatic heterocycles. The highest BCUT2D eigenvalue weighted by molar-refractivity contribution is 6.10. The molecular formula is C20H15F6N5O2. The Labute approximate surface area is 182 Å². The van der Waals surface area contributed by atoms with Crippen molar-refractivity contribution in [1.29, 1.82) is 0 Å². The third kappa shape index (κ3) is 5.07. The molecule has 4 heterocycles. The van der Waals surface area contributed by atoms with E-state index in [1.807, 2.05) is 0 Å². The second-order valence-electron chi connectivity index (χ2n) is 7.37. The predicted molar refractivity (Wildman–Crippen MR) is 103 cm³/mol. The smallest absolute Gasteiger partial charge is 0.422 e. The van der Waals surface area contributed by atoms with Crippen LogP contribution in [0.3, 0.4) is 0 Å². The first-order chi connectivity index (χ1) is 15.4. The minimum absolute atomic E-state index is 0.0242. The number of aryl methyl sites for hydroxylation is 1. The summed E-state index contributed by atoms with van der Waals surface area (Å²) in [6.45, 7) is -1.08. The first-order valence-corrected chi connectivity index (χ1v) is 9.45. The molecule has 0 fully saturated rings. The van der Waals surface area contributed by atoms with Crippen molar-refractivity contribution >= 4 is 11.7 Å². The van der Waals surface area contributed by atoms with E-state index < -0.39 is 31.4 Å². The fraction of sp³-hybridized carbons (Fsp3) is 0.300. The van der Waals surface area contributed by atoms with Gasteiger partial charge in [0.1, 0.15) is 12.3 Å². The van der Waals surface area contributed by atoms with Crippen LogP contribution < -0.4 is 9.64 Å². The zero-order valence-corrected chi connectivity index (χ0v) is 16.9. The molecule has 0 atom stereocenters. The number of hydrogen-bond donors (Lipinski definition) is 0. The zero-order valence-electron chi connectivity index (χ0n) is 16.9. The first-order valence-electron chi connectivity index (χ1n) is 9.45. The molecule has 0 N–H and O–H groups in total. The highest BCUT2D eigenvalue weighted by Crippen LogP contribution is 2.32. The number of pyridine rings is 2. The molecule has 0 spiro atoms. The summed E-state index contributed by atoms with van der Waals surface area (Å²) in [4.78, 5) is 26.3. The Kier molecular flexibility index (Phi) is 5.50. The molecule has 33 heavy (non-hydrogen) atoms. The van der Waals surface area contributed by atoms with Crippen LogP contribution >= 0.6 is 0 Å². The SMILES string of the molecule is Cc1cc(-c2cncc(OCC(F)(F)F)c2)nc2c1C(=O)N(c1cn(CC(F)(F)F)cn1)C2. The van der Waals surface area contributed by atoms with Gasteiger partial charge in [0.25, 0.3) is 5.91 Å². The van der Waals surface area contributed by atoms with Crippen molar-refractivity contribution in [2.75, 3.05) is 11.5 Å². The minimum Gasteiger partial charge on any atom is -0.482 e. The maximum absolute atomic E-state index is 12.9. The van der Waals surface area contributed by atoms with Gasteiger partial charge in [0.15, 0.2) is 12.4 Å². The second kappa shape index (κ2) is 8.05. The molecule has 1 amide bonds. The largest absolute Gasteiger partial charge is 0.482 e. The van der Waals surface area contributed by atoms with Crippen LogP contribution in [0.25, 0.3) is 11.3 Å². The normalized spacial score (nSPS) is 14.0. The number of anilines is 1. The summed E-state index contributed by atoms with van der Waals surface area (Å²) >= 11 is 0. The van der Waals surface area contributed by atoms with Crippen LogP contribution in [0.4, 0.5) is 32.2 Å². The van der Waals surface area contributed by atoms with Crippen molar-refractivity contribution in [3.05, 3.63) is 53.9 Å². The number of aromatic nitrogens is 4. The Bertz CT molecular complexity index is 1200. The highest BCUT2D eigenvalue weighted by atomic mass is 19.4. The third-order valence-electron chi connectivity index (χ3n) is 4.73. The van der Waals surface area contributed by atoms with E-state index in [9.17, 15) is 31.1 Å². The molecule has 0 aromatic carbocycles. The molecule has 0 unspecified atom stereocenters. The molecule has 0 bridgehead atoms. The van der Waals surface area contributed by atoms with Gasteiger partial charge in [-0.25, -0.2) is 4.98 Å². The molecule has 4 rings (SSSR count). The molecule has 0 aliphatic carbocycles. The molecule has 3 aromatic heterocycles. The molecule has 174 valence electrons. The van der Waals surface area contributed by atoms with Gasteiger partial charge in [0.2, 0.25) is 0 Å². The van der Waals surface area contributed by atoms with E-state index in [1.165, 1.54) is 17.2 Å². The van der Waals surface area contributed by atoms with Gasteiger partial charge in [0, 0.05) is 18.0 Å². The first kappa shape index (κ1) is 22.6. The van der Waals surface area contributed by atoms with E-state index in [0.717, 1.165) is 23.3 Å². The van der Waals surface area contributed by atoms with Gasteiger partial charge in [-0.05, 0) is 24.6 Å². The number of alkyl halides is 6. The van der Waals surface area contributed by atoms with Crippen LogP contribution in [0.1, 0.15) is 21.6 Å². The summed E-state index contributed by atoms with van der Waals surface area (Å²) in [7, 11) is 0. The number of amides is 1. The maximum atomic E-state index is 12.9. The summed E-state index contributed by atoms with van der Waals surface area (Å²) in [5, 5.41) is 0. The van der Waals surface area contributed by atoms with Gasteiger partial charge < -0.3 is 9.30 Å². The Morgan fingerprint density at radius 3 is 2.55 bits per heavy atom. The average molecular weight is 471 g/mol. The van der Waals surface area contributed by atoms with E-state index in [1.54, 1.807) is 13.0 Å². The lowest BCUT2D eigenvalue weighted by atomic mass is 10.1. The predicted octanol–water partition coefficient (Wildman–Crippen LogP) is 4.31. The van der Waals surface area contributed by atoms with Gasteiger partial charge >= 0.3 is 12.4 Å². The molecule has 3 aromatic rings. The van der Waals surface area contributed by atoms with Gasteiger partial charge in [0.05, 0.1) is 36.0 Å². The van der Waals surface area contributed by atoms with Gasteiger partial charge in [-0.15, -0.1) is 0 Å². The van der Waals surface area contributed by atoms with Crippen molar-refractivity contribution in [2.45, 2.75) is 32.4 Å². The number of imidazole rings is 1. The van der Waals surface area contributed by atoms with E-state index in [0.29, 0.717) is 28.1 Å². The Morgan fingerprint density at radius 1 is 1.09 bits per heavy atom. The number of hydrogen-bond acceptors (Lipinski definition) is 5. The van der Waals surface area contributed by atoms with Gasteiger partial charge in [-0.1, -0.05) is 0 Å². The van der Waals surface area contributed by atoms with Crippen LogP contribution in [0, 0.1) is 6.92 Å². The van der Waals surface area contributed by atoms with Crippen molar-refractivity contribution in [1.82, 2.24) is 19.5 Å². The zero-order chi connectivity index (χ0) is 24.0. The summed E-state index contributed by atoms with van der Waals surface area (Å²) in [6, 6.07) is 2.92. The molecule has 1 aliphatic rings. The number of nitrogens with zero attached hydrogens (tertiary/aromatic N) is 5. The fourth-order valence-electron chi connectivity index (χ4n) is 3.42. The van der Waals surface area contributed by atoms with Crippen LogP contribution in [-0.2, 0) is 13.1 Å².